The Kier molecular flexibility index (Phi) is 7.06. The Morgan fingerprint density at radius 3 is 2.46 bits per heavy atom. The third kappa shape index (κ3) is 4.77. The Bertz CT molecular complexity index is 807. The predicted molar refractivity (Wildman–Crippen MR) is 105 cm³/mol. The Labute approximate surface area is 163 Å². The first kappa shape index (κ1) is 20.3. The van der Waals surface area contributed by atoms with Gasteiger partial charge in [0, 0.05) is 5.69 Å². The molecule has 0 spiro atoms. The second-order valence-corrected chi connectivity index (χ2v) is 6.82. The molecule has 1 amide bonds. The number of rotatable bonds is 6. The van der Waals surface area contributed by atoms with Gasteiger partial charge in [-0.25, -0.2) is 4.79 Å². The fourth-order valence-corrected chi connectivity index (χ4v) is 2.81. The maximum Gasteiger partial charge on any atom is 0.340 e. The van der Waals surface area contributed by atoms with Gasteiger partial charge in [0.05, 0.1) is 15.6 Å². The molecule has 2 aromatic carbocycles. The van der Waals surface area contributed by atoms with Gasteiger partial charge in [0.15, 0.2) is 6.10 Å². The van der Waals surface area contributed by atoms with E-state index in [0.29, 0.717) is 5.92 Å². The average Bonchev–Trinajstić information content (AvgIpc) is 2.63. The van der Waals surface area contributed by atoms with Gasteiger partial charge in [0.1, 0.15) is 0 Å². The van der Waals surface area contributed by atoms with Crippen molar-refractivity contribution in [1.29, 1.82) is 0 Å². The van der Waals surface area contributed by atoms with Crippen LogP contribution in [0.15, 0.2) is 42.5 Å². The van der Waals surface area contributed by atoms with Gasteiger partial charge in [0.25, 0.3) is 5.91 Å². The Morgan fingerprint density at radius 1 is 1.08 bits per heavy atom. The molecule has 0 aliphatic heterocycles. The highest BCUT2D eigenvalue weighted by Gasteiger charge is 2.22. The highest BCUT2D eigenvalue weighted by atomic mass is 35.5. The van der Waals surface area contributed by atoms with Crippen LogP contribution in [0, 0.1) is 0 Å². The van der Waals surface area contributed by atoms with Crippen molar-refractivity contribution in [3.63, 3.8) is 0 Å². The number of carbonyl (C=O) groups excluding carboxylic acids is 2. The number of para-hydroxylation sites is 1. The number of ether oxygens (including phenoxy) is 1. The highest BCUT2D eigenvalue weighted by molar-refractivity contribution is 6.43. The molecular weight excluding hydrogens is 373 g/mol. The molecule has 0 aliphatic rings. The molecule has 138 valence electrons. The molecule has 4 nitrogen and oxygen atoms in total. The fourth-order valence-electron chi connectivity index (χ4n) is 2.43. The summed E-state index contributed by atoms with van der Waals surface area (Å²) in [5.41, 5.74) is 1.88. The number of anilines is 1. The first-order valence-electron chi connectivity index (χ1n) is 8.39. The third-order valence-electron chi connectivity index (χ3n) is 4.19. The van der Waals surface area contributed by atoms with Gasteiger partial charge in [0.2, 0.25) is 0 Å². The van der Waals surface area contributed by atoms with Crippen LogP contribution in [0.25, 0.3) is 0 Å². The van der Waals surface area contributed by atoms with Crippen LogP contribution >= 0.6 is 23.2 Å². The van der Waals surface area contributed by atoms with E-state index in [2.05, 4.69) is 19.2 Å². The standard InChI is InChI=1S/C20H21Cl2NO3/c1-4-12(2)14-8-5-6-11-17(14)23-19(24)13(3)26-20(25)15-9-7-10-16(21)18(15)22/h5-13H,4H2,1-3H3,(H,23,24)/t12-,13-/m0/s1. The molecule has 2 rings (SSSR count). The summed E-state index contributed by atoms with van der Waals surface area (Å²) in [4.78, 5) is 24.7. The van der Waals surface area contributed by atoms with Crippen LogP contribution in [0.5, 0.6) is 0 Å². The van der Waals surface area contributed by atoms with Gasteiger partial charge in [-0.2, -0.15) is 0 Å². The molecule has 1 N–H and O–H groups in total. The maximum absolute atomic E-state index is 12.4. The van der Waals surface area contributed by atoms with Crippen LogP contribution in [0.2, 0.25) is 10.0 Å². The molecule has 0 aromatic heterocycles. The summed E-state index contributed by atoms with van der Waals surface area (Å²) >= 11 is 11.9. The Morgan fingerprint density at radius 2 is 1.77 bits per heavy atom. The number of nitrogens with one attached hydrogen (secondary N) is 1. The first-order chi connectivity index (χ1) is 12.3. The minimum absolute atomic E-state index is 0.105. The lowest BCUT2D eigenvalue weighted by Crippen LogP contribution is -2.30. The molecule has 0 unspecified atom stereocenters. The second kappa shape index (κ2) is 9.06. The minimum atomic E-state index is -0.984. The van der Waals surface area contributed by atoms with Gasteiger partial charge >= 0.3 is 5.97 Å². The number of benzene rings is 2. The van der Waals surface area contributed by atoms with Crippen LogP contribution in [0.3, 0.4) is 0 Å². The van der Waals surface area contributed by atoms with Crippen LogP contribution in [-0.4, -0.2) is 18.0 Å². The zero-order valence-electron chi connectivity index (χ0n) is 14.9. The van der Waals surface area contributed by atoms with E-state index >= 15 is 0 Å². The summed E-state index contributed by atoms with van der Waals surface area (Å²) in [5.74, 6) is -0.808. The Balaban J connectivity index is 2.09. The van der Waals surface area contributed by atoms with Crippen LogP contribution < -0.4 is 5.32 Å². The molecule has 26 heavy (non-hydrogen) atoms. The summed E-state index contributed by atoms with van der Waals surface area (Å²) in [6.07, 6.45) is -0.0347. The largest absolute Gasteiger partial charge is 0.449 e. The van der Waals surface area contributed by atoms with Crippen LogP contribution in [-0.2, 0) is 9.53 Å². The summed E-state index contributed by atoms with van der Waals surface area (Å²) < 4.78 is 5.24. The third-order valence-corrected chi connectivity index (χ3v) is 5.01. The van der Waals surface area contributed by atoms with Crippen LogP contribution in [0.4, 0.5) is 5.69 Å². The monoisotopic (exact) mass is 393 g/mol. The number of hydrogen-bond donors (Lipinski definition) is 1. The zero-order chi connectivity index (χ0) is 19.3. The van der Waals surface area contributed by atoms with Crippen molar-refractivity contribution in [1.82, 2.24) is 0 Å². The van der Waals surface area contributed by atoms with E-state index in [9.17, 15) is 9.59 Å². The lowest BCUT2D eigenvalue weighted by Gasteiger charge is -2.18. The normalized spacial score (nSPS) is 13.0. The first-order valence-corrected chi connectivity index (χ1v) is 9.15. The molecule has 0 aliphatic carbocycles. The second-order valence-electron chi connectivity index (χ2n) is 6.03. The number of carbonyl (C=O) groups is 2. The lowest BCUT2D eigenvalue weighted by atomic mass is 9.97. The van der Waals surface area contributed by atoms with Crippen molar-refractivity contribution in [3.05, 3.63) is 63.6 Å². The topological polar surface area (TPSA) is 55.4 Å². The van der Waals surface area contributed by atoms with Gasteiger partial charge in [-0.1, -0.05) is 61.3 Å². The van der Waals surface area contributed by atoms with E-state index < -0.39 is 18.0 Å². The van der Waals surface area contributed by atoms with Gasteiger partial charge in [-0.05, 0) is 43.0 Å². The van der Waals surface area contributed by atoms with E-state index in [1.807, 2.05) is 24.3 Å². The van der Waals surface area contributed by atoms with E-state index in [4.69, 9.17) is 27.9 Å². The Hall–Kier alpha value is -2.04. The molecule has 2 aromatic rings. The number of halogens is 2. The summed E-state index contributed by atoms with van der Waals surface area (Å²) in [5, 5.41) is 3.19. The zero-order valence-corrected chi connectivity index (χ0v) is 16.4. The molecule has 0 fully saturated rings. The van der Waals surface area contributed by atoms with Crippen molar-refractivity contribution in [3.8, 4) is 0 Å². The predicted octanol–water partition coefficient (Wildman–Crippen LogP) is 5.69. The van der Waals surface area contributed by atoms with Crippen molar-refractivity contribution in [2.24, 2.45) is 0 Å². The SMILES string of the molecule is CC[C@H](C)c1ccccc1NC(=O)[C@H](C)OC(=O)c1cccc(Cl)c1Cl. The van der Waals surface area contributed by atoms with Crippen molar-refractivity contribution in [2.45, 2.75) is 39.2 Å². The van der Waals surface area contributed by atoms with E-state index in [1.165, 1.54) is 13.0 Å². The van der Waals surface area contributed by atoms with Gasteiger partial charge in [-0.3, -0.25) is 4.79 Å². The summed E-state index contributed by atoms with van der Waals surface area (Å²) in [7, 11) is 0. The summed E-state index contributed by atoms with van der Waals surface area (Å²) in [6, 6.07) is 12.3. The molecule has 0 heterocycles. The molecule has 6 heteroatoms. The van der Waals surface area contributed by atoms with Gasteiger partial charge in [-0.15, -0.1) is 0 Å². The van der Waals surface area contributed by atoms with Crippen LogP contribution in [0.1, 0.15) is 49.0 Å². The highest BCUT2D eigenvalue weighted by Crippen LogP contribution is 2.28. The molecule has 0 saturated heterocycles. The maximum atomic E-state index is 12.4. The number of hydrogen-bond acceptors (Lipinski definition) is 3. The van der Waals surface area contributed by atoms with E-state index in [-0.39, 0.29) is 15.6 Å². The van der Waals surface area contributed by atoms with E-state index in [1.54, 1.807) is 12.1 Å². The molecule has 0 radical (unpaired) electrons. The molecule has 2 atom stereocenters. The number of amides is 1. The quantitative estimate of drug-likeness (QED) is 0.641. The summed E-state index contributed by atoms with van der Waals surface area (Å²) in [6.45, 7) is 5.69. The van der Waals surface area contributed by atoms with E-state index in [0.717, 1.165) is 17.7 Å². The average molecular weight is 394 g/mol. The molecule has 0 bridgehead atoms. The van der Waals surface area contributed by atoms with Gasteiger partial charge < -0.3 is 10.1 Å². The molecular formula is C20H21Cl2NO3. The van der Waals surface area contributed by atoms with Crippen molar-refractivity contribution in [2.75, 3.05) is 5.32 Å². The number of esters is 1. The molecule has 0 saturated carbocycles. The smallest absolute Gasteiger partial charge is 0.340 e. The van der Waals surface area contributed by atoms with Crippen molar-refractivity contribution >= 4 is 40.8 Å². The lowest BCUT2D eigenvalue weighted by molar-refractivity contribution is -0.123. The van der Waals surface area contributed by atoms with Crippen molar-refractivity contribution < 1.29 is 14.3 Å². The minimum Gasteiger partial charge on any atom is -0.449 e. The fraction of sp³-hybridized carbons (Fsp3) is 0.300.